The van der Waals surface area contributed by atoms with Crippen molar-refractivity contribution in [1.82, 2.24) is 0 Å². The molecule has 0 unspecified atom stereocenters. The van der Waals surface area contributed by atoms with Crippen molar-refractivity contribution in [1.29, 1.82) is 0 Å². The van der Waals surface area contributed by atoms with Crippen LogP contribution in [0, 0.1) is 0 Å². The van der Waals surface area contributed by atoms with Crippen LogP contribution in [-0.2, 0) is 0 Å². The fraction of sp³-hybridized carbons (Fsp3) is 0.417. The topological polar surface area (TPSA) is 66.6 Å². The van der Waals surface area contributed by atoms with Crippen LogP contribution < -0.4 is 10.6 Å². The van der Waals surface area contributed by atoms with Crippen molar-refractivity contribution in [3.8, 4) is 5.75 Å². The molecular formula is C12H18N2O2. The number of ketones is 1. The van der Waals surface area contributed by atoms with Crippen LogP contribution in [0.4, 0.5) is 5.69 Å². The standard InChI is InChI=1S/C12H18N2O2/c1-3-14(4-2)9-5-6-10(11(15)7-9)12(16)8-13/h5-7,15H,3-4,8,13H2,1-2H3. The SMILES string of the molecule is CCN(CC)c1ccc(C(=O)CN)c(O)c1. The second-order valence-corrected chi connectivity index (χ2v) is 3.50. The van der Waals surface area contributed by atoms with E-state index in [1.807, 2.05) is 19.9 Å². The predicted octanol–water partition coefficient (Wildman–Crippen LogP) is 1.38. The fourth-order valence-electron chi connectivity index (χ4n) is 1.65. The van der Waals surface area contributed by atoms with Gasteiger partial charge in [0.2, 0.25) is 0 Å². The van der Waals surface area contributed by atoms with Crippen molar-refractivity contribution in [2.75, 3.05) is 24.5 Å². The van der Waals surface area contributed by atoms with Gasteiger partial charge in [0.05, 0.1) is 12.1 Å². The zero-order valence-electron chi connectivity index (χ0n) is 9.73. The molecule has 1 aromatic rings. The molecule has 0 radical (unpaired) electrons. The van der Waals surface area contributed by atoms with Crippen LogP contribution in [0.25, 0.3) is 0 Å². The largest absolute Gasteiger partial charge is 0.507 e. The van der Waals surface area contributed by atoms with Gasteiger partial charge in [-0.05, 0) is 26.0 Å². The average molecular weight is 222 g/mol. The molecule has 16 heavy (non-hydrogen) atoms. The number of carbonyl (C=O) groups is 1. The van der Waals surface area contributed by atoms with E-state index in [0.717, 1.165) is 18.8 Å². The third-order valence-corrected chi connectivity index (χ3v) is 2.60. The van der Waals surface area contributed by atoms with Gasteiger partial charge in [-0.1, -0.05) is 0 Å². The van der Waals surface area contributed by atoms with E-state index >= 15 is 0 Å². The van der Waals surface area contributed by atoms with Crippen LogP contribution in [0.1, 0.15) is 24.2 Å². The summed E-state index contributed by atoms with van der Waals surface area (Å²) >= 11 is 0. The molecule has 1 rings (SSSR count). The Kier molecular flexibility index (Phi) is 4.31. The number of phenolic OH excluding ortho intramolecular Hbond substituents is 1. The van der Waals surface area contributed by atoms with E-state index in [1.165, 1.54) is 0 Å². The van der Waals surface area contributed by atoms with Gasteiger partial charge in [0.1, 0.15) is 5.75 Å². The minimum Gasteiger partial charge on any atom is -0.507 e. The second-order valence-electron chi connectivity index (χ2n) is 3.50. The summed E-state index contributed by atoms with van der Waals surface area (Å²) < 4.78 is 0. The smallest absolute Gasteiger partial charge is 0.180 e. The highest BCUT2D eigenvalue weighted by atomic mass is 16.3. The lowest BCUT2D eigenvalue weighted by Crippen LogP contribution is -2.22. The van der Waals surface area contributed by atoms with Crippen molar-refractivity contribution in [2.24, 2.45) is 5.73 Å². The maximum absolute atomic E-state index is 11.4. The molecule has 0 fully saturated rings. The molecule has 0 saturated carbocycles. The monoisotopic (exact) mass is 222 g/mol. The molecule has 88 valence electrons. The van der Waals surface area contributed by atoms with E-state index in [-0.39, 0.29) is 18.1 Å². The summed E-state index contributed by atoms with van der Waals surface area (Å²) in [5.74, 6) is -0.247. The maximum atomic E-state index is 11.4. The lowest BCUT2D eigenvalue weighted by atomic mass is 10.1. The first-order valence-electron chi connectivity index (χ1n) is 5.45. The Morgan fingerprint density at radius 2 is 2.00 bits per heavy atom. The molecule has 0 saturated heterocycles. The van der Waals surface area contributed by atoms with Gasteiger partial charge in [0.25, 0.3) is 0 Å². The number of rotatable bonds is 5. The number of aromatic hydroxyl groups is 1. The van der Waals surface area contributed by atoms with Crippen LogP contribution >= 0.6 is 0 Å². The quantitative estimate of drug-likeness (QED) is 0.739. The van der Waals surface area contributed by atoms with Gasteiger partial charge in [0.15, 0.2) is 5.78 Å². The van der Waals surface area contributed by atoms with Crippen molar-refractivity contribution >= 4 is 11.5 Å². The number of benzene rings is 1. The molecule has 4 nitrogen and oxygen atoms in total. The van der Waals surface area contributed by atoms with E-state index < -0.39 is 0 Å². The normalized spacial score (nSPS) is 10.2. The van der Waals surface area contributed by atoms with Crippen molar-refractivity contribution in [2.45, 2.75) is 13.8 Å². The Labute approximate surface area is 95.7 Å². The van der Waals surface area contributed by atoms with Crippen molar-refractivity contribution in [3.63, 3.8) is 0 Å². The summed E-state index contributed by atoms with van der Waals surface area (Å²) in [6, 6.07) is 5.06. The maximum Gasteiger partial charge on any atom is 0.180 e. The number of carbonyl (C=O) groups excluding carboxylic acids is 1. The number of nitrogens with zero attached hydrogens (tertiary/aromatic N) is 1. The van der Waals surface area contributed by atoms with Crippen LogP contribution in [0.5, 0.6) is 5.75 Å². The van der Waals surface area contributed by atoms with E-state index in [0.29, 0.717) is 5.56 Å². The molecule has 0 atom stereocenters. The van der Waals surface area contributed by atoms with Crippen molar-refractivity contribution in [3.05, 3.63) is 23.8 Å². The predicted molar refractivity (Wildman–Crippen MR) is 65.1 cm³/mol. The molecule has 0 aromatic heterocycles. The summed E-state index contributed by atoms with van der Waals surface area (Å²) in [6.45, 7) is 5.72. The van der Waals surface area contributed by atoms with E-state index in [9.17, 15) is 9.90 Å². The first kappa shape index (κ1) is 12.5. The second kappa shape index (κ2) is 5.51. The summed E-state index contributed by atoms with van der Waals surface area (Å²) in [4.78, 5) is 13.4. The molecule has 0 aliphatic carbocycles. The third kappa shape index (κ3) is 2.52. The third-order valence-electron chi connectivity index (χ3n) is 2.60. The summed E-state index contributed by atoms with van der Waals surface area (Å²) in [5.41, 5.74) is 6.46. The lowest BCUT2D eigenvalue weighted by Gasteiger charge is -2.21. The zero-order chi connectivity index (χ0) is 12.1. The Morgan fingerprint density at radius 3 is 2.44 bits per heavy atom. The van der Waals surface area contributed by atoms with Crippen molar-refractivity contribution < 1.29 is 9.90 Å². The highest BCUT2D eigenvalue weighted by Gasteiger charge is 2.11. The van der Waals surface area contributed by atoms with E-state index in [1.54, 1.807) is 12.1 Å². The molecule has 0 spiro atoms. The van der Waals surface area contributed by atoms with Gasteiger partial charge < -0.3 is 15.7 Å². The fourth-order valence-corrected chi connectivity index (χ4v) is 1.65. The zero-order valence-corrected chi connectivity index (χ0v) is 9.73. The van der Waals surface area contributed by atoms with Gasteiger partial charge in [-0.15, -0.1) is 0 Å². The Hall–Kier alpha value is -1.55. The van der Waals surface area contributed by atoms with Gasteiger partial charge in [-0.25, -0.2) is 0 Å². The molecule has 0 aliphatic rings. The first-order chi connectivity index (χ1) is 7.63. The Balaban J connectivity index is 3.03. The van der Waals surface area contributed by atoms with Gasteiger partial charge >= 0.3 is 0 Å². The molecule has 4 heteroatoms. The Bertz CT molecular complexity index is 373. The summed E-state index contributed by atoms with van der Waals surface area (Å²) in [7, 11) is 0. The number of nitrogens with two attached hydrogens (primary N) is 1. The number of phenols is 1. The first-order valence-corrected chi connectivity index (χ1v) is 5.45. The minimum absolute atomic E-state index is 0.000139. The summed E-state index contributed by atoms with van der Waals surface area (Å²) in [5, 5.41) is 9.73. The van der Waals surface area contributed by atoms with Crippen LogP contribution in [0.2, 0.25) is 0 Å². The van der Waals surface area contributed by atoms with E-state index in [2.05, 4.69) is 4.90 Å². The molecule has 0 aliphatic heterocycles. The van der Waals surface area contributed by atoms with Gasteiger partial charge in [0, 0.05) is 24.8 Å². The number of hydrogen-bond acceptors (Lipinski definition) is 4. The average Bonchev–Trinajstić information content (AvgIpc) is 2.30. The molecule has 0 amide bonds. The van der Waals surface area contributed by atoms with Crippen LogP contribution in [-0.4, -0.2) is 30.5 Å². The molecule has 3 N–H and O–H groups in total. The summed E-state index contributed by atoms with van der Waals surface area (Å²) in [6.07, 6.45) is 0. The molecular weight excluding hydrogens is 204 g/mol. The van der Waals surface area contributed by atoms with E-state index in [4.69, 9.17) is 5.73 Å². The van der Waals surface area contributed by atoms with Crippen LogP contribution in [0.3, 0.4) is 0 Å². The molecule has 0 bridgehead atoms. The number of anilines is 1. The number of hydrogen-bond donors (Lipinski definition) is 2. The minimum atomic E-state index is -0.247. The highest BCUT2D eigenvalue weighted by Crippen LogP contribution is 2.24. The van der Waals surface area contributed by atoms with Crippen LogP contribution in [0.15, 0.2) is 18.2 Å². The van der Waals surface area contributed by atoms with Gasteiger partial charge in [-0.3, -0.25) is 4.79 Å². The molecule has 0 heterocycles. The van der Waals surface area contributed by atoms with Gasteiger partial charge in [-0.2, -0.15) is 0 Å². The highest BCUT2D eigenvalue weighted by molar-refractivity contribution is 6.00. The number of Topliss-reactive ketones (excluding diaryl/α,β-unsaturated/α-hetero) is 1. The Morgan fingerprint density at radius 1 is 1.38 bits per heavy atom. The molecule has 1 aromatic carbocycles. The lowest BCUT2D eigenvalue weighted by molar-refractivity contribution is 0.0999.